The SMILES string of the molecule is CC(C)(C)OC(=O)NC1(CC=O)CCN(Cc2ccccc2)CC1. The van der Waals surface area contributed by atoms with E-state index in [4.69, 9.17) is 4.74 Å². The van der Waals surface area contributed by atoms with Crippen LogP contribution in [0.1, 0.15) is 45.6 Å². The molecule has 0 bridgehead atoms. The van der Waals surface area contributed by atoms with Gasteiger partial charge in [-0.05, 0) is 39.2 Å². The van der Waals surface area contributed by atoms with Gasteiger partial charge in [0.15, 0.2) is 0 Å². The van der Waals surface area contributed by atoms with E-state index >= 15 is 0 Å². The summed E-state index contributed by atoms with van der Waals surface area (Å²) in [4.78, 5) is 25.6. The maximum Gasteiger partial charge on any atom is 0.408 e. The highest BCUT2D eigenvalue weighted by Crippen LogP contribution is 2.26. The second-order valence-corrected chi connectivity index (χ2v) is 7.54. The Labute approximate surface area is 144 Å². The van der Waals surface area contributed by atoms with Crippen LogP contribution in [-0.2, 0) is 16.1 Å². The minimum absolute atomic E-state index is 0.325. The maximum atomic E-state index is 12.1. The molecule has 1 aromatic carbocycles. The minimum atomic E-state index is -0.541. The third kappa shape index (κ3) is 5.64. The number of amides is 1. The van der Waals surface area contributed by atoms with Crippen LogP contribution in [0, 0.1) is 0 Å². The topological polar surface area (TPSA) is 58.6 Å². The number of alkyl carbamates (subject to hydrolysis) is 1. The van der Waals surface area contributed by atoms with Crippen molar-refractivity contribution in [1.82, 2.24) is 10.2 Å². The molecule has 1 aliphatic rings. The van der Waals surface area contributed by atoms with Gasteiger partial charge in [0.2, 0.25) is 0 Å². The van der Waals surface area contributed by atoms with E-state index in [0.717, 1.165) is 38.8 Å². The number of benzene rings is 1. The van der Waals surface area contributed by atoms with Crippen LogP contribution in [0.25, 0.3) is 0 Å². The summed E-state index contributed by atoms with van der Waals surface area (Å²) < 4.78 is 5.35. The molecule has 1 N–H and O–H groups in total. The summed E-state index contributed by atoms with van der Waals surface area (Å²) in [5.41, 5.74) is 0.248. The van der Waals surface area contributed by atoms with Gasteiger partial charge in [0.1, 0.15) is 11.9 Å². The number of hydrogen-bond donors (Lipinski definition) is 1. The molecule has 0 saturated carbocycles. The van der Waals surface area contributed by atoms with Crippen LogP contribution in [0.5, 0.6) is 0 Å². The molecule has 0 atom stereocenters. The number of carbonyl (C=O) groups is 2. The molecule has 5 nitrogen and oxygen atoms in total. The number of rotatable bonds is 5. The van der Waals surface area contributed by atoms with E-state index in [1.165, 1.54) is 5.56 Å². The van der Waals surface area contributed by atoms with Gasteiger partial charge >= 0.3 is 6.09 Å². The molecule has 24 heavy (non-hydrogen) atoms. The number of aldehydes is 1. The zero-order chi connectivity index (χ0) is 17.6. The lowest BCUT2D eigenvalue weighted by Crippen LogP contribution is -2.56. The summed E-state index contributed by atoms with van der Waals surface area (Å²) >= 11 is 0. The van der Waals surface area contributed by atoms with Crippen molar-refractivity contribution in [3.63, 3.8) is 0 Å². The number of nitrogens with zero attached hydrogens (tertiary/aromatic N) is 1. The van der Waals surface area contributed by atoms with Gasteiger partial charge in [0.05, 0.1) is 5.54 Å². The molecule has 1 fully saturated rings. The molecule has 1 aliphatic heterocycles. The second-order valence-electron chi connectivity index (χ2n) is 7.54. The first-order valence-electron chi connectivity index (χ1n) is 8.53. The summed E-state index contributed by atoms with van der Waals surface area (Å²) in [6.07, 6.45) is 2.27. The van der Waals surface area contributed by atoms with Crippen molar-refractivity contribution in [3.05, 3.63) is 35.9 Å². The Morgan fingerprint density at radius 3 is 2.42 bits per heavy atom. The van der Waals surface area contributed by atoms with Crippen molar-refractivity contribution < 1.29 is 14.3 Å². The van der Waals surface area contributed by atoms with Crippen molar-refractivity contribution in [2.75, 3.05) is 13.1 Å². The largest absolute Gasteiger partial charge is 0.444 e. The number of likely N-dealkylation sites (tertiary alicyclic amines) is 1. The molecule has 0 aliphatic carbocycles. The molecule has 1 aromatic rings. The van der Waals surface area contributed by atoms with Gasteiger partial charge in [0.25, 0.3) is 0 Å². The summed E-state index contributed by atoms with van der Waals surface area (Å²) in [6.45, 7) is 8.09. The van der Waals surface area contributed by atoms with Gasteiger partial charge in [-0.3, -0.25) is 4.90 Å². The first kappa shape index (κ1) is 18.5. The monoisotopic (exact) mass is 332 g/mol. The number of hydrogen-bond acceptors (Lipinski definition) is 4. The molecule has 1 saturated heterocycles. The summed E-state index contributed by atoms with van der Waals surface area (Å²) in [5.74, 6) is 0. The van der Waals surface area contributed by atoms with Crippen LogP contribution in [0.3, 0.4) is 0 Å². The predicted molar refractivity (Wildman–Crippen MR) is 93.7 cm³/mol. The predicted octanol–water partition coefficient (Wildman–Crippen LogP) is 3.13. The quantitative estimate of drug-likeness (QED) is 0.842. The van der Waals surface area contributed by atoms with Gasteiger partial charge in [-0.2, -0.15) is 0 Å². The summed E-state index contributed by atoms with van der Waals surface area (Å²) in [7, 11) is 0. The Morgan fingerprint density at radius 2 is 1.88 bits per heavy atom. The van der Waals surface area contributed by atoms with E-state index in [1.807, 2.05) is 39.0 Å². The van der Waals surface area contributed by atoms with Crippen molar-refractivity contribution in [3.8, 4) is 0 Å². The van der Waals surface area contributed by atoms with Crippen LogP contribution in [0.15, 0.2) is 30.3 Å². The van der Waals surface area contributed by atoms with E-state index in [-0.39, 0.29) is 0 Å². The molecule has 0 unspecified atom stereocenters. The number of piperidine rings is 1. The fourth-order valence-corrected chi connectivity index (χ4v) is 3.04. The maximum absolute atomic E-state index is 12.1. The molecule has 0 radical (unpaired) electrons. The highest BCUT2D eigenvalue weighted by molar-refractivity contribution is 5.70. The lowest BCUT2D eigenvalue weighted by Gasteiger charge is -2.41. The normalized spacial score (nSPS) is 18.0. The second kappa shape index (κ2) is 7.79. The highest BCUT2D eigenvalue weighted by atomic mass is 16.6. The van der Waals surface area contributed by atoms with Crippen molar-refractivity contribution in [2.24, 2.45) is 0 Å². The molecule has 5 heteroatoms. The van der Waals surface area contributed by atoms with Crippen LogP contribution in [0.4, 0.5) is 4.79 Å². The molecule has 2 rings (SSSR count). The Morgan fingerprint density at radius 1 is 1.25 bits per heavy atom. The highest BCUT2D eigenvalue weighted by Gasteiger charge is 2.36. The van der Waals surface area contributed by atoms with Crippen molar-refractivity contribution in [2.45, 2.75) is 57.7 Å². The molecular weight excluding hydrogens is 304 g/mol. The lowest BCUT2D eigenvalue weighted by molar-refractivity contribution is -0.109. The van der Waals surface area contributed by atoms with Gasteiger partial charge in [-0.15, -0.1) is 0 Å². The summed E-state index contributed by atoms with van der Waals surface area (Å²) in [6, 6.07) is 10.3. The molecular formula is C19H28N2O3. The molecule has 132 valence electrons. The third-order valence-corrected chi connectivity index (χ3v) is 4.30. The van der Waals surface area contributed by atoms with E-state index in [0.29, 0.717) is 6.42 Å². The van der Waals surface area contributed by atoms with Gasteiger partial charge in [0, 0.05) is 26.1 Å². The smallest absolute Gasteiger partial charge is 0.408 e. The van der Waals surface area contributed by atoms with E-state index in [1.54, 1.807) is 0 Å². The first-order valence-corrected chi connectivity index (χ1v) is 8.53. The zero-order valence-corrected chi connectivity index (χ0v) is 14.9. The van der Waals surface area contributed by atoms with Crippen molar-refractivity contribution >= 4 is 12.4 Å². The van der Waals surface area contributed by atoms with Crippen LogP contribution in [0.2, 0.25) is 0 Å². The fourth-order valence-electron chi connectivity index (χ4n) is 3.04. The Hall–Kier alpha value is -1.88. The molecule has 1 amide bonds. The standard InChI is InChI=1S/C19H28N2O3/c1-18(2,3)24-17(23)20-19(11-14-22)9-12-21(13-10-19)15-16-7-5-4-6-8-16/h4-8,14H,9-13,15H2,1-3H3,(H,20,23). The number of ether oxygens (including phenoxy) is 1. The fraction of sp³-hybridized carbons (Fsp3) is 0.579. The van der Waals surface area contributed by atoms with Crippen LogP contribution >= 0.6 is 0 Å². The average Bonchev–Trinajstić information content (AvgIpc) is 2.49. The van der Waals surface area contributed by atoms with Crippen LogP contribution in [-0.4, -0.2) is 41.5 Å². The Balaban J connectivity index is 1.93. The lowest BCUT2D eigenvalue weighted by atomic mass is 9.84. The van der Waals surface area contributed by atoms with Gasteiger partial charge < -0.3 is 14.8 Å². The zero-order valence-electron chi connectivity index (χ0n) is 14.9. The molecule has 0 spiro atoms. The van der Waals surface area contributed by atoms with Crippen molar-refractivity contribution in [1.29, 1.82) is 0 Å². The van der Waals surface area contributed by atoms with E-state index in [2.05, 4.69) is 22.3 Å². The first-order chi connectivity index (χ1) is 11.3. The molecule has 0 aromatic heterocycles. The average molecular weight is 332 g/mol. The number of carbonyl (C=O) groups excluding carboxylic acids is 2. The minimum Gasteiger partial charge on any atom is -0.444 e. The Kier molecular flexibility index (Phi) is 5.99. The van der Waals surface area contributed by atoms with Gasteiger partial charge in [-0.25, -0.2) is 4.79 Å². The van der Waals surface area contributed by atoms with Crippen LogP contribution < -0.4 is 5.32 Å². The van der Waals surface area contributed by atoms with E-state index in [9.17, 15) is 9.59 Å². The Bertz CT molecular complexity index is 543. The third-order valence-electron chi connectivity index (χ3n) is 4.30. The molecule has 1 heterocycles. The van der Waals surface area contributed by atoms with E-state index < -0.39 is 17.2 Å². The number of nitrogens with one attached hydrogen (secondary N) is 1. The summed E-state index contributed by atoms with van der Waals surface area (Å²) in [5, 5.41) is 2.96. The van der Waals surface area contributed by atoms with Gasteiger partial charge in [-0.1, -0.05) is 30.3 Å².